The summed E-state index contributed by atoms with van der Waals surface area (Å²) in [6.45, 7) is 4.18. The predicted molar refractivity (Wildman–Crippen MR) is 67.5 cm³/mol. The third-order valence-corrected chi connectivity index (χ3v) is 5.13. The molecule has 1 aromatic rings. The minimum atomic E-state index is -0.178. The number of rotatable bonds is 3. The second-order valence-electron chi connectivity index (χ2n) is 4.78. The molecule has 15 heavy (non-hydrogen) atoms. The van der Waals surface area contributed by atoms with Crippen molar-refractivity contribution in [2.45, 2.75) is 33.1 Å². The highest BCUT2D eigenvalue weighted by Crippen LogP contribution is 2.44. The molecule has 0 N–H and O–H groups in total. The van der Waals surface area contributed by atoms with Gasteiger partial charge in [-0.2, -0.15) is 0 Å². The van der Waals surface area contributed by atoms with Gasteiger partial charge in [-0.05, 0) is 46.8 Å². The summed E-state index contributed by atoms with van der Waals surface area (Å²) < 4.78 is 1.04. The highest BCUT2D eigenvalue weighted by molar-refractivity contribution is 9.11. The van der Waals surface area contributed by atoms with Gasteiger partial charge in [-0.15, -0.1) is 11.3 Å². The van der Waals surface area contributed by atoms with E-state index in [1.165, 1.54) is 19.3 Å². The Hall–Kier alpha value is -0.150. The zero-order chi connectivity index (χ0) is 11.1. The average molecular weight is 287 g/mol. The first-order valence-corrected chi connectivity index (χ1v) is 6.93. The standard InChI is InChI=1S/C12H15BrOS/c1-12(2,8-4-3-5-8)11(14)9-6-7-10(13)15-9/h6-8H,3-5H2,1-2H3. The Morgan fingerprint density at radius 1 is 1.47 bits per heavy atom. The number of carbonyl (C=O) groups excluding carboxylic acids is 1. The van der Waals surface area contributed by atoms with Gasteiger partial charge in [0.1, 0.15) is 0 Å². The predicted octanol–water partition coefficient (Wildman–Crippen LogP) is 4.52. The summed E-state index contributed by atoms with van der Waals surface area (Å²) in [6, 6.07) is 3.88. The second kappa shape index (κ2) is 4.02. The molecule has 0 bridgehead atoms. The van der Waals surface area contributed by atoms with Crippen molar-refractivity contribution in [3.8, 4) is 0 Å². The minimum absolute atomic E-state index is 0.178. The second-order valence-corrected chi connectivity index (χ2v) is 7.25. The van der Waals surface area contributed by atoms with Gasteiger partial charge in [0.05, 0.1) is 8.66 Å². The lowest BCUT2D eigenvalue weighted by Crippen LogP contribution is -2.36. The number of ketones is 1. The Morgan fingerprint density at radius 2 is 2.13 bits per heavy atom. The molecule has 0 unspecified atom stereocenters. The summed E-state index contributed by atoms with van der Waals surface area (Å²) in [5, 5.41) is 0. The van der Waals surface area contributed by atoms with Crippen LogP contribution in [0, 0.1) is 11.3 Å². The minimum Gasteiger partial charge on any atom is -0.293 e. The van der Waals surface area contributed by atoms with Crippen molar-refractivity contribution < 1.29 is 4.79 Å². The van der Waals surface area contributed by atoms with Crippen molar-refractivity contribution in [2.24, 2.45) is 11.3 Å². The van der Waals surface area contributed by atoms with E-state index in [1.807, 2.05) is 12.1 Å². The highest BCUT2D eigenvalue weighted by Gasteiger charge is 2.40. The molecule has 0 radical (unpaired) electrons. The largest absolute Gasteiger partial charge is 0.293 e. The van der Waals surface area contributed by atoms with Gasteiger partial charge in [0.15, 0.2) is 5.78 Å². The molecule has 1 nitrogen and oxygen atoms in total. The Bertz CT molecular complexity index is 377. The van der Waals surface area contributed by atoms with Crippen LogP contribution in [-0.2, 0) is 0 Å². The quantitative estimate of drug-likeness (QED) is 0.747. The maximum atomic E-state index is 12.3. The monoisotopic (exact) mass is 286 g/mol. The molecule has 0 aliphatic heterocycles. The Morgan fingerprint density at radius 3 is 2.53 bits per heavy atom. The summed E-state index contributed by atoms with van der Waals surface area (Å²) in [4.78, 5) is 13.2. The molecule has 1 aliphatic rings. The van der Waals surface area contributed by atoms with Crippen molar-refractivity contribution in [3.63, 3.8) is 0 Å². The summed E-state index contributed by atoms with van der Waals surface area (Å²) in [7, 11) is 0. The van der Waals surface area contributed by atoms with Gasteiger partial charge in [0.25, 0.3) is 0 Å². The number of carbonyl (C=O) groups is 1. The lowest BCUT2D eigenvalue weighted by atomic mass is 9.65. The van der Waals surface area contributed by atoms with Crippen molar-refractivity contribution in [2.75, 3.05) is 0 Å². The van der Waals surface area contributed by atoms with Gasteiger partial charge >= 0.3 is 0 Å². The van der Waals surface area contributed by atoms with E-state index >= 15 is 0 Å². The zero-order valence-corrected chi connectivity index (χ0v) is 11.5. The number of halogens is 1. The number of hydrogen-bond donors (Lipinski definition) is 0. The first kappa shape index (κ1) is 11.3. The highest BCUT2D eigenvalue weighted by atomic mass is 79.9. The molecule has 0 atom stereocenters. The van der Waals surface area contributed by atoms with Crippen LogP contribution in [0.1, 0.15) is 42.8 Å². The molecule has 2 rings (SSSR count). The van der Waals surface area contributed by atoms with E-state index in [0.29, 0.717) is 11.7 Å². The topological polar surface area (TPSA) is 17.1 Å². The van der Waals surface area contributed by atoms with Crippen molar-refractivity contribution in [1.29, 1.82) is 0 Å². The summed E-state index contributed by atoms with van der Waals surface area (Å²) in [5.41, 5.74) is -0.178. The molecule has 1 fully saturated rings. The Labute approximate surface area is 103 Å². The smallest absolute Gasteiger partial charge is 0.178 e. The van der Waals surface area contributed by atoms with Crippen LogP contribution in [0.15, 0.2) is 15.9 Å². The molecule has 82 valence electrons. The number of thiophene rings is 1. The van der Waals surface area contributed by atoms with E-state index in [0.717, 1.165) is 8.66 Å². The van der Waals surface area contributed by atoms with Crippen LogP contribution in [0.5, 0.6) is 0 Å². The van der Waals surface area contributed by atoms with E-state index in [9.17, 15) is 4.79 Å². The van der Waals surface area contributed by atoms with Gasteiger partial charge in [-0.25, -0.2) is 0 Å². The third-order valence-electron chi connectivity index (χ3n) is 3.51. The Balaban J connectivity index is 2.19. The molecule has 0 spiro atoms. The van der Waals surface area contributed by atoms with E-state index in [2.05, 4.69) is 29.8 Å². The Kier molecular flexibility index (Phi) is 3.04. The summed E-state index contributed by atoms with van der Waals surface area (Å²) in [5.74, 6) is 0.897. The first-order valence-electron chi connectivity index (χ1n) is 5.32. The third kappa shape index (κ3) is 2.04. The number of Topliss-reactive ketones (excluding diaryl/α,β-unsaturated/α-hetero) is 1. The van der Waals surface area contributed by atoms with Crippen LogP contribution in [0.2, 0.25) is 0 Å². The first-order chi connectivity index (χ1) is 7.01. The molecule has 1 aliphatic carbocycles. The molecule has 0 saturated heterocycles. The van der Waals surface area contributed by atoms with E-state index < -0.39 is 0 Å². The van der Waals surface area contributed by atoms with Gasteiger partial charge < -0.3 is 0 Å². The van der Waals surface area contributed by atoms with Gasteiger partial charge in [-0.3, -0.25) is 4.79 Å². The molecular weight excluding hydrogens is 272 g/mol. The van der Waals surface area contributed by atoms with Gasteiger partial charge in [-0.1, -0.05) is 20.3 Å². The van der Waals surface area contributed by atoms with Crippen LogP contribution in [-0.4, -0.2) is 5.78 Å². The van der Waals surface area contributed by atoms with Crippen molar-refractivity contribution >= 4 is 33.0 Å². The summed E-state index contributed by atoms with van der Waals surface area (Å²) >= 11 is 4.94. The zero-order valence-electron chi connectivity index (χ0n) is 9.05. The van der Waals surface area contributed by atoms with E-state index in [4.69, 9.17) is 0 Å². The van der Waals surface area contributed by atoms with Gasteiger partial charge in [0.2, 0.25) is 0 Å². The summed E-state index contributed by atoms with van der Waals surface area (Å²) in [6.07, 6.45) is 3.71. The van der Waals surface area contributed by atoms with E-state index in [1.54, 1.807) is 11.3 Å². The molecule has 1 heterocycles. The van der Waals surface area contributed by atoms with Crippen LogP contribution >= 0.6 is 27.3 Å². The molecule has 1 saturated carbocycles. The average Bonchev–Trinajstić information content (AvgIpc) is 2.46. The van der Waals surface area contributed by atoms with Gasteiger partial charge in [0, 0.05) is 5.41 Å². The fraction of sp³-hybridized carbons (Fsp3) is 0.583. The number of hydrogen-bond acceptors (Lipinski definition) is 2. The van der Waals surface area contributed by atoms with Crippen LogP contribution in [0.3, 0.4) is 0 Å². The van der Waals surface area contributed by atoms with Crippen molar-refractivity contribution in [3.05, 3.63) is 20.8 Å². The maximum absolute atomic E-state index is 12.3. The van der Waals surface area contributed by atoms with Crippen LogP contribution in [0.25, 0.3) is 0 Å². The SMILES string of the molecule is CC(C)(C(=O)c1ccc(Br)s1)C1CCC1. The molecule has 0 aromatic carbocycles. The fourth-order valence-corrected chi connectivity index (χ4v) is 3.56. The molecule has 3 heteroatoms. The lowest BCUT2D eigenvalue weighted by molar-refractivity contribution is 0.0626. The van der Waals surface area contributed by atoms with Crippen molar-refractivity contribution in [1.82, 2.24) is 0 Å². The molecular formula is C12H15BrOS. The van der Waals surface area contributed by atoms with E-state index in [-0.39, 0.29) is 5.41 Å². The van der Waals surface area contributed by atoms with Crippen LogP contribution < -0.4 is 0 Å². The fourth-order valence-electron chi connectivity index (χ4n) is 2.07. The molecule has 1 aromatic heterocycles. The van der Waals surface area contributed by atoms with Crippen LogP contribution in [0.4, 0.5) is 0 Å². The lowest BCUT2D eigenvalue weighted by Gasteiger charge is -2.38. The normalized spacial score (nSPS) is 17.5. The maximum Gasteiger partial charge on any atom is 0.178 e. The molecule has 0 amide bonds.